The van der Waals surface area contributed by atoms with Gasteiger partial charge in [-0.2, -0.15) is 0 Å². The van der Waals surface area contributed by atoms with E-state index >= 15 is 0 Å². The Morgan fingerprint density at radius 3 is 2.54 bits per heavy atom. The molecule has 2 rings (SSSR count). The van der Waals surface area contributed by atoms with Crippen molar-refractivity contribution in [1.82, 2.24) is 10.2 Å². The summed E-state index contributed by atoms with van der Waals surface area (Å²) >= 11 is 0. The summed E-state index contributed by atoms with van der Waals surface area (Å²) in [6.45, 7) is 5.04. The molecule has 13 heavy (non-hydrogen) atoms. The van der Waals surface area contributed by atoms with E-state index in [1.165, 1.54) is 64.7 Å². The largest absolute Gasteiger partial charge is 0.315 e. The molecule has 2 nitrogen and oxygen atoms in total. The number of rotatable bonds is 1. The summed E-state index contributed by atoms with van der Waals surface area (Å²) in [5, 5.41) is 3.47. The van der Waals surface area contributed by atoms with Crippen molar-refractivity contribution in [2.24, 2.45) is 0 Å². The van der Waals surface area contributed by atoms with Crippen LogP contribution in [0.1, 0.15) is 38.5 Å². The summed E-state index contributed by atoms with van der Waals surface area (Å²) in [5.41, 5.74) is 0. The van der Waals surface area contributed by atoms with Crippen molar-refractivity contribution in [1.29, 1.82) is 0 Å². The average molecular weight is 182 g/mol. The third-order valence-electron chi connectivity index (χ3n) is 3.47. The fourth-order valence-corrected chi connectivity index (χ4v) is 2.68. The van der Waals surface area contributed by atoms with Crippen LogP contribution in [0.15, 0.2) is 0 Å². The van der Waals surface area contributed by atoms with Crippen LogP contribution in [0, 0.1) is 0 Å². The molecule has 76 valence electrons. The molecule has 2 fully saturated rings. The lowest BCUT2D eigenvalue weighted by Gasteiger charge is -2.33. The second kappa shape index (κ2) is 4.97. The van der Waals surface area contributed by atoms with Gasteiger partial charge in [-0.1, -0.05) is 19.3 Å². The van der Waals surface area contributed by atoms with Crippen LogP contribution in [0.3, 0.4) is 0 Å². The third-order valence-corrected chi connectivity index (χ3v) is 3.47. The van der Waals surface area contributed by atoms with E-state index in [1.54, 1.807) is 0 Å². The predicted octanol–water partition coefficient (Wildman–Crippen LogP) is 1.61. The SMILES string of the molecule is C1CCC(N2CCCNCC2)CC1. The van der Waals surface area contributed by atoms with Gasteiger partial charge in [0, 0.05) is 19.1 Å². The van der Waals surface area contributed by atoms with E-state index in [4.69, 9.17) is 0 Å². The summed E-state index contributed by atoms with van der Waals surface area (Å²) in [6.07, 6.45) is 8.67. The van der Waals surface area contributed by atoms with E-state index in [2.05, 4.69) is 10.2 Å². The molecule has 0 aromatic heterocycles. The van der Waals surface area contributed by atoms with E-state index in [1.807, 2.05) is 0 Å². The molecule has 0 spiro atoms. The lowest BCUT2D eigenvalue weighted by molar-refractivity contribution is 0.166. The topological polar surface area (TPSA) is 15.3 Å². The Bertz CT molecular complexity index is 133. The first-order valence-corrected chi connectivity index (χ1v) is 5.91. The molecule has 0 amide bonds. The van der Waals surface area contributed by atoms with Crippen molar-refractivity contribution in [2.45, 2.75) is 44.6 Å². The van der Waals surface area contributed by atoms with Crippen LogP contribution in [0.2, 0.25) is 0 Å². The zero-order valence-corrected chi connectivity index (χ0v) is 8.60. The summed E-state index contributed by atoms with van der Waals surface area (Å²) in [5.74, 6) is 0. The van der Waals surface area contributed by atoms with Crippen molar-refractivity contribution in [3.05, 3.63) is 0 Å². The molecule has 0 aromatic carbocycles. The molecule has 1 aliphatic carbocycles. The van der Waals surface area contributed by atoms with Crippen molar-refractivity contribution in [3.63, 3.8) is 0 Å². The minimum Gasteiger partial charge on any atom is -0.315 e. The second-order valence-electron chi connectivity index (χ2n) is 4.43. The van der Waals surface area contributed by atoms with Gasteiger partial charge in [0.1, 0.15) is 0 Å². The third kappa shape index (κ3) is 2.68. The number of hydrogen-bond acceptors (Lipinski definition) is 2. The first-order chi connectivity index (χ1) is 6.47. The Kier molecular flexibility index (Phi) is 3.62. The Morgan fingerprint density at radius 1 is 0.846 bits per heavy atom. The molecule has 1 aliphatic heterocycles. The van der Waals surface area contributed by atoms with Crippen LogP contribution in [-0.2, 0) is 0 Å². The van der Waals surface area contributed by atoms with Gasteiger partial charge in [-0.25, -0.2) is 0 Å². The molecule has 0 aromatic rings. The number of nitrogens with zero attached hydrogens (tertiary/aromatic N) is 1. The molecule has 2 heteroatoms. The highest BCUT2D eigenvalue weighted by atomic mass is 15.2. The lowest BCUT2D eigenvalue weighted by atomic mass is 9.94. The van der Waals surface area contributed by atoms with Gasteiger partial charge in [0.2, 0.25) is 0 Å². The average Bonchev–Trinajstić information content (AvgIpc) is 2.47. The van der Waals surface area contributed by atoms with Crippen molar-refractivity contribution in [3.8, 4) is 0 Å². The number of nitrogens with one attached hydrogen (secondary N) is 1. The fourth-order valence-electron chi connectivity index (χ4n) is 2.68. The maximum Gasteiger partial charge on any atom is 0.0110 e. The van der Waals surface area contributed by atoms with Gasteiger partial charge in [-0.3, -0.25) is 4.90 Å². The quantitative estimate of drug-likeness (QED) is 0.663. The van der Waals surface area contributed by atoms with E-state index in [-0.39, 0.29) is 0 Å². The highest BCUT2D eigenvalue weighted by Gasteiger charge is 2.21. The monoisotopic (exact) mass is 182 g/mol. The van der Waals surface area contributed by atoms with Crippen LogP contribution in [0.5, 0.6) is 0 Å². The van der Waals surface area contributed by atoms with Crippen molar-refractivity contribution in [2.75, 3.05) is 26.2 Å². The zero-order valence-electron chi connectivity index (χ0n) is 8.60. The van der Waals surface area contributed by atoms with E-state index in [0.29, 0.717) is 0 Å². The maximum absolute atomic E-state index is 3.47. The Morgan fingerprint density at radius 2 is 1.69 bits per heavy atom. The smallest absolute Gasteiger partial charge is 0.0110 e. The number of hydrogen-bond donors (Lipinski definition) is 1. The molecule has 0 radical (unpaired) electrons. The van der Waals surface area contributed by atoms with E-state index in [0.717, 1.165) is 6.04 Å². The Labute approximate surface area is 81.7 Å². The predicted molar refractivity (Wildman–Crippen MR) is 55.9 cm³/mol. The summed E-state index contributed by atoms with van der Waals surface area (Å²) in [7, 11) is 0. The van der Waals surface area contributed by atoms with Gasteiger partial charge < -0.3 is 5.32 Å². The Hall–Kier alpha value is -0.0800. The standard InChI is InChI=1S/C11H22N2/c1-2-5-11(6-3-1)13-9-4-7-12-8-10-13/h11-12H,1-10H2. The summed E-state index contributed by atoms with van der Waals surface area (Å²) in [4.78, 5) is 2.72. The van der Waals surface area contributed by atoms with Crippen LogP contribution >= 0.6 is 0 Å². The van der Waals surface area contributed by atoms with Crippen molar-refractivity contribution < 1.29 is 0 Å². The van der Waals surface area contributed by atoms with Crippen LogP contribution in [0.25, 0.3) is 0 Å². The fraction of sp³-hybridized carbons (Fsp3) is 1.00. The van der Waals surface area contributed by atoms with Crippen LogP contribution in [-0.4, -0.2) is 37.1 Å². The minimum atomic E-state index is 0.925. The van der Waals surface area contributed by atoms with Crippen molar-refractivity contribution >= 4 is 0 Å². The van der Waals surface area contributed by atoms with Crippen LogP contribution < -0.4 is 5.32 Å². The first-order valence-electron chi connectivity index (χ1n) is 5.91. The molecule has 0 unspecified atom stereocenters. The molecule has 1 saturated carbocycles. The van der Waals surface area contributed by atoms with Gasteiger partial charge in [0.05, 0.1) is 0 Å². The van der Waals surface area contributed by atoms with Gasteiger partial charge in [-0.15, -0.1) is 0 Å². The summed E-state index contributed by atoms with van der Waals surface area (Å²) < 4.78 is 0. The first kappa shape index (κ1) is 9.47. The molecule has 0 bridgehead atoms. The molecule has 2 aliphatic rings. The highest BCUT2D eigenvalue weighted by molar-refractivity contribution is 4.78. The van der Waals surface area contributed by atoms with Gasteiger partial charge >= 0.3 is 0 Å². The Balaban J connectivity index is 1.82. The molecular formula is C11H22N2. The second-order valence-corrected chi connectivity index (χ2v) is 4.43. The normalized spacial score (nSPS) is 28.6. The summed E-state index contributed by atoms with van der Waals surface area (Å²) in [6, 6.07) is 0.925. The van der Waals surface area contributed by atoms with Crippen LogP contribution in [0.4, 0.5) is 0 Å². The molecule has 1 N–H and O–H groups in total. The lowest BCUT2D eigenvalue weighted by Crippen LogP contribution is -2.38. The molecule has 0 atom stereocenters. The minimum absolute atomic E-state index is 0.925. The van der Waals surface area contributed by atoms with Gasteiger partial charge in [-0.05, 0) is 32.4 Å². The highest BCUT2D eigenvalue weighted by Crippen LogP contribution is 2.22. The molecule has 1 saturated heterocycles. The molecular weight excluding hydrogens is 160 g/mol. The van der Waals surface area contributed by atoms with Gasteiger partial charge in [0.25, 0.3) is 0 Å². The maximum atomic E-state index is 3.47. The van der Waals surface area contributed by atoms with E-state index in [9.17, 15) is 0 Å². The van der Waals surface area contributed by atoms with E-state index < -0.39 is 0 Å². The zero-order chi connectivity index (χ0) is 8.93. The molecule has 1 heterocycles. The van der Waals surface area contributed by atoms with Gasteiger partial charge in [0.15, 0.2) is 0 Å².